The van der Waals surface area contributed by atoms with Gasteiger partial charge in [0.05, 0.1) is 0 Å². The van der Waals surface area contributed by atoms with Crippen LogP contribution in [0.25, 0.3) is 0 Å². The topological polar surface area (TPSA) is 36.4 Å². The van der Waals surface area contributed by atoms with Crippen molar-refractivity contribution < 1.29 is 0 Å². The van der Waals surface area contributed by atoms with E-state index in [2.05, 4.69) is 43.3 Å². The minimum atomic E-state index is 0.0664. The summed E-state index contributed by atoms with van der Waals surface area (Å²) >= 11 is 0. The summed E-state index contributed by atoms with van der Waals surface area (Å²) in [4.78, 5) is 4.29. The first-order valence-electron chi connectivity index (χ1n) is 6.90. The minimum Gasteiger partial charge on any atom is -0.356 e. The Labute approximate surface area is 106 Å². The monoisotopic (exact) mass is 239 g/mol. The van der Waals surface area contributed by atoms with E-state index in [1.165, 1.54) is 32.1 Å². The summed E-state index contributed by atoms with van der Waals surface area (Å²) in [5.74, 6) is 0.928. The second-order valence-electron chi connectivity index (χ2n) is 6.36. The number of nitrogens with one attached hydrogen (secondary N) is 2. The number of aliphatic imine (C=N–C) groups is 1. The fourth-order valence-electron chi connectivity index (χ4n) is 2.59. The maximum atomic E-state index is 4.29. The number of nitrogens with zero attached hydrogens (tertiary/aromatic N) is 1. The SMILES string of the molecule is CCC1(CNC(=NC)NC(C)(C)C)CCCC1. The summed E-state index contributed by atoms with van der Waals surface area (Å²) in [5, 5.41) is 6.91. The fraction of sp³-hybridized carbons (Fsp3) is 0.929. The molecule has 1 aliphatic rings. The van der Waals surface area contributed by atoms with Crippen molar-refractivity contribution in [2.75, 3.05) is 13.6 Å². The van der Waals surface area contributed by atoms with E-state index in [-0.39, 0.29) is 5.54 Å². The summed E-state index contributed by atoms with van der Waals surface area (Å²) in [6.07, 6.45) is 6.78. The van der Waals surface area contributed by atoms with Crippen molar-refractivity contribution in [2.45, 2.75) is 65.3 Å². The van der Waals surface area contributed by atoms with Gasteiger partial charge in [-0.25, -0.2) is 0 Å². The molecule has 100 valence electrons. The first-order chi connectivity index (χ1) is 7.91. The van der Waals surface area contributed by atoms with Gasteiger partial charge in [-0.1, -0.05) is 19.8 Å². The van der Waals surface area contributed by atoms with Gasteiger partial charge in [-0.2, -0.15) is 0 Å². The van der Waals surface area contributed by atoms with Crippen LogP contribution >= 0.6 is 0 Å². The third-order valence-corrected chi connectivity index (χ3v) is 3.76. The molecule has 0 saturated heterocycles. The van der Waals surface area contributed by atoms with E-state index in [0.717, 1.165) is 12.5 Å². The van der Waals surface area contributed by atoms with Crippen LogP contribution in [0.15, 0.2) is 4.99 Å². The third kappa shape index (κ3) is 4.57. The van der Waals surface area contributed by atoms with E-state index in [1.54, 1.807) is 0 Å². The molecule has 1 aliphatic carbocycles. The zero-order chi connectivity index (χ0) is 12.9. The Morgan fingerprint density at radius 3 is 2.24 bits per heavy atom. The van der Waals surface area contributed by atoms with Gasteiger partial charge < -0.3 is 10.6 Å². The molecule has 1 saturated carbocycles. The minimum absolute atomic E-state index is 0.0664. The predicted octanol–water partition coefficient (Wildman–Crippen LogP) is 2.92. The summed E-state index contributed by atoms with van der Waals surface area (Å²) in [5.41, 5.74) is 0.576. The van der Waals surface area contributed by atoms with Gasteiger partial charge in [0.1, 0.15) is 0 Å². The van der Waals surface area contributed by atoms with Gasteiger partial charge in [0, 0.05) is 19.1 Å². The number of rotatable bonds is 3. The first-order valence-corrected chi connectivity index (χ1v) is 6.90. The van der Waals surface area contributed by atoms with Crippen LogP contribution in [0.2, 0.25) is 0 Å². The van der Waals surface area contributed by atoms with Crippen molar-refractivity contribution in [1.82, 2.24) is 10.6 Å². The zero-order valence-corrected chi connectivity index (χ0v) is 12.2. The van der Waals surface area contributed by atoms with Gasteiger partial charge in [0.2, 0.25) is 0 Å². The molecule has 0 atom stereocenters. The highest BCUT2D eigenvalue weighted by atomic mass is 15.2. The molecule has 0 radical (unpaired) electrons. The Kier molecular flexibility index (Phi) is 4.84. The Hall–Kier alpha value is -0.730. The molecule has 0 spiro atoms. The Morgan fingerprint density at radius 1 is 1.24 bits per heavy atom. The molecular weight excluding hydrogens is 210 g/mol. The van der Waals surface area contributed by atoms with E-state index < -0.39 is 0 Å². The molecule has 3 nitrogen and oxygen atoms in total. The van der Waals surface area contributed by atoms with Crippen molar-refractivity contribution in [3.05, 3.63) is 0 Å². The lowest BCUT2D eigenvalue weighted by Gasteiger charge is -2.30. The smallest absolute Gasteiger partial charge is 0.191 e. The number of guanidine groups is 1. The highest BCUT2D eigenvalue weighted by molar-refractivity contribution is 5.80. The lowest BCUT2D eigenvalue weighted by atomic mass is 9.83. The Balaban J connectivity index is 2.47. The van der Waals surface area contributed by atoms with E-state index in [4.69, 9.17) is 0 Å². The standard InChI is InChI=1S/C14H29N3/c1-6-14(9-7-8-10-14)11-16-12(15-5)17-13(2,3)4/h6-11H2,1-5H3,(H2,15,16,17). The van der Waals surface area contributed by atoms with Gasteiger partial charge in [-0.05, 0) is 45.4 Å². The molecule has 1 rings (SSSR count). The van der Waals surface area contributed by atoms with Crippen molar-refractivity contribution in [3.8, 4) is 0 Å². The predicted molar refractivity (Wildman–Crippen MR) is 75.4 cm³/mol. The van der Waals surface area contributed by atoms with Gasteiger partial charge in [0.25, 0.3) is 0 Å². The molecule has 0 aliphatic heterocycles. The molecule has 1 fully saturated rings. The largest absolute Gasteiger partial charge is 0.356 e. The molecule has 2 N–H and O–H groups in total. The van der Waals surface area contributed by atoms with Gasteiger partial charge in [0.15, 0.2) is 5.96 Å². The van der Waals surface area contributed by atoms with Crippen LogP contribution in [0.3, 0.4) is 0 Å². The van der Waals surface area contributed by atoms with Crippen molar-refractivity contribution in [2.24, 2.45) is 10.4 Å². The van der Waals surface area contributed by atoms with Crippen LogP contribution in [0.1, 0.15) is 59.8 Å². The summed E-state index contributed by atoms with van der Waals surface area (Å²) in [6.45, 7) is 9.84. The van der Waals surface area contributed by atoms with Gasteiger partial charge >= 0.3 is 0 Å². The molecule has 0 aromatic rings. The summed E-state index contributed by atoms with van der Waals surface area (Å²) in [7, 11) is 1.84. The molecule has 17 heavy (non-hydrogen) atoms. The average Bonchev–Trinajstić information content (AvgIpc) is 2.72. The Morgan fingerprint density at radius 2 is 1.82 bits per heavy atom. The molecule has 0 heterocycles. The maximum Gasteiger partial charge on any atom is 0.191 e. The molecule has 0 aromatic carbocycles. The summed E-state index contributed by atoms with van der Waals surface area (Å²) < 4.78 is 0. The lowest BCUT2D eigenvalue weighted by Crippen LogP contribution is -2.49. The van der Waals surface area contributed by atoms with Crippen LogP contribution in [0.5, 0.6) is 0 Å². The average molecular weight is 239 g/mol. The quantitative estimate of drug-likeness (QED) is 0.587. The lowest BCUT2D eigenvalue weighted by molar-refractivity contribution is 0.282. The maximum absolute atomic E-state index is 4.29. The zero-order valence-electron chi connectivity index (χ0n) is 12.2. The first kappa shape index (κ1) is 14.3. The van der Waals surface area contributed by atoms with E-state index in [1.807, 2.05) is 7.05 Å². The van der Waals surface area contributed by atoms with Gasteiger partial charge in [-0.15, -0.1) is 0 Å². The van der Waals surface area contributed by atoms with Crippen molar-refractivity contribution in [3.63, 3.8) is 0 Å². The fourth-order valence-corrected chi connectivity index (χ4v) is 2.59. The second-order valence-corrected chi connectivity index (χ2v) is 6.36. The van der Waals surface area contributed by atoms with E-state index in [0.29, 0.717) is 5.41 Å². The van der Waals surface area contributed by atoms with E-state index >= 15 is 0 Å². The molecule has 0 bridgehead atoms. The highest BCUT2D eigenvalue weighted by Crippen LogP contribution is 2.40. The Bertz CT molecular complexity index is 257. The van der Waals surface area contributed by atoms with Crippen LogP contribution in [0, 0.1) is 5.41 Å². The third-order valence-electron chi connectivity index (χ3n) is 3.76. The second kappa shape index (κ2) is 5.74. The molecule has 0 unspecified atom stereocenters. The molecular formula is C14H29N3. The normalized spacial score (nSPS) is 20.4. The number of hydrogen-bond acceptors (Lipinski definition) is 1. The molecule has 0 amide bonds. The number of hydrogen-bond donors (Lipinski definition) is 2. The van der Waals surface area contributed by atoms with Crippen LogP contribution in [-0.2, 0) is 0 Å². The van der Waals surface area contributed by atoms with Gasteiger partial charge in [-0.3, -0.25) is 4.99 Å². The molecule has 3 heteroatoms. The highest BCUT2D eigenvalue weighted by Gasteiger charge is 2.32. The summed E-state index contributed by atoms with van der Waals surface area (Å²) in [6, 6.07) is 0. The van der Waals surface area contributed by atoms with Crippen LogP contribution < -0.4 is 10.6 Å². The van der Waals surface area contributed by atoms with Crippen LogP contribution in [0.4, 0.5) is 0 Å². The van der Waals surface area contributed by atoms with Crippen molar-refractivity contribution >= 4 is 5.96 Å². The van der Waals surface area contributed by atoms with Crippen molar-refractivity contribution in [1.29, 1.82) is 0 Å². The molecule has 0 aromatic heterocycles. The van der Waals surface area contributed by atoms with Crippen LogP contribution in [-0.4, -0.2) is 25.1 Å². The van der Waals surface area contributed by atoms with E-state index in [9.17, 15) is 0 Å².